The summed E-state index contributed by atoms with van der Waals surface area (Å²) in [5, 5.41) is 4.59. The fourth-order valence-electron chi connectivity index (χ4n) is 8.66. The number of fused-ring (bicyclic) bond motifs is 4. The van der Waals surface area contributed by atoms with Crippen LogP contribution in [0.5, 0.6) is 5.75 Å². The number of nitrogens with one attached hydrogen (secondary N) is 1. The quantitative estimate of drug-likeness (QED) is 0.262. The summed E-state index contributed by atoms with van der Waals surface area (Å²) in [7, 11) is -1.77. The molecule has 2 aromatic carbocycles. The molecule has 1 saturated carbocycles. The van der Waals surface area contributed by atoms with E-state index in [0.717, 1.165) is 68.1 Å². The molecule has 4 aliphatic rings. The fourth-order valence-corrected chi connectivity index (χ4v) is 10.8. The van der Waals surface area contributed by atoms with Crippen molar-refractivity contribution in [2.75, 3.05) is 31.7 Å². The summed E-state index contributed by atoms with van der Waals surface area (Å²) < 4.78 is 36.5. The zero-order valence-electron chi connectivity index (χ0n) is 31.3. The maximum absolute atomic E-state index is 14.8. The average molecular weight is 762 g/mol. The van der Waals surface area contributed by atoms with Gasteiger partial charge in [-0.1, -0.05) is 36.7 Å². The topological polar surface area (TPSA) is 115 Å². The lowest BCUT2D eigenvalue weighted by Gasteiger charge is -2.46. The van der Waals surface area contributed by atoms with Gasteiger partial charge in [0.25, 0.3) is 5.91 Å². The van der Waals surface area contributed by atoms with Gasteiger partial charge in [-0.25, -0.2) is 4.21 Å². The number of hydrogen-bond donors (Lipinski definition) is 1. The monoisotopic (exact) mass is 761 g/mol. The highest BCUT2D eigenvalue weighted by Crippen LogP contribution is 2.47. The van der Waals surface area contributed by atoms with Gasteiger partial charge in [-0.15, -0.1) is 4.36 Å². The first-order chi connectivity index (χ1) is 25.5. The first kappa shape index (κ1) is 37.6. The van der Waals surface area contributed by atoms with Gasteiger partial charge in [0.1, 0.15) is 15.7 Å². The van der Waals surface area contributed by atoms with Gasteiger partial charge < -0.3 is 14.4 Å². The lowest BCUT2D eigenvalue weighted by Crippen LogP contribution is -2.49. The molecule has 1 fully saturated rings. The van der Waals surface area contributed by atoms with E-state index in [1.807, 2.05) is 44.3 Å². The van der Waals surface area contributed by atoms with Gasteiger partial charge in [-0.3, -0.25) is 19.0 Å². The maximum Gasteiger partial charge on any atom is 0.286 e. The number of rotatable bonds is 6. The van der Waals surface area contributed by atoms with E-state index in [0.29, 0.717) is 42.6 Å². The summed E-state index contributed by atoms with van der Waals surface area (Å²) in [5.74, 6) is 0.223. The number of anilines is 1. The van der Waals surface area contributed by atoms with Crippen LogP contribution in [0.15, 0.2) is 65.2 Å². The molecule has 12 heteroatoms. The third kappa shape index (κ3) is 7.80. The number of allylic oxidation sites excluding steroid dienone is 1. The molecule has 2 aliphatic carbocycles. The van der Waals surface area contributed by atoms with Crippen molar-refractivity contribution in [1.29, 1.82) is 0 Å². The molecule has 7 rings (SSSR count). The minimum absolute atomic E-state index is 0.0591. The summed E-state index contributed by atoms with van der Waals surface area (Å²) in [6, 6.07) is 13.5. The van der Waals surface area contributed by atoms with E-state index < -0.39 is 27.0 Å². The van der Waals surface area contributed by atoms with Crippen LogP contribution in [0.4, 0.5) is 5.69 Å². The van der Waals surface area contributed by atoms with Crippen molar-refractivity contribution in [3.8, 4) is 5.75 Å². The van der Waals surface area contributed by atoms with Crippen molar-refractivity contribution in [3.05, 3.63) is 88.2 Å². The van der Waals surface area contributed by atoms with Crippen molar-refractivity contribution >= 4 is 39.0 Å². The molecule has 3 aromatic rings. The summed E-state index contributed by atoms with van der Waals surface area (Å²) in [5.41, 5.74) is 4.20. The van der Waals surface area contributed by atoms with Crippen molar-refractivity contribution in [3.63, 3.8) is 0 Å². The van der Waals surface area contributed by atoms with Crippen molar-refractivity contribution in [2.24, 2.45) is 22.1 Å². The fraction of sp³-hybridized carbons (Fsp3) is 0.537. The van der Waals surface area contributed by atoms with Crippen LogP contribution in [-0.2, 0) is 44.2 Å². The largest absolute Gasteiger partial charge is 0.490 e. The molecule has 10 nitrogen and oxygen atoms in total. The van der Waals surface area contributed by atoms with Gasteiger partial charge >= 0.3 is 0 Å². The average Bonchev–Trinajstić information content (AvgIpc) is 3.55. The SMILES string of the molecule is CCn1ccc(CCC(=O)NS2(=O)=NC(=O)c3ccc4c(c3)N(CC3CCC3C(OC)/C=C/CC(C)C2C)CC2(CCCc3cc(Cl)ccc32)CO4)n1. The van der Waals surface area contributed by atoms with E-state index >= 15 is 0 Å². The second kappa shape index (κ2) is 15.6. The van der Waals surface area contributed by atoms with Crippen LogP contribution in [0.25, 0.3) is 0 Å². The Morgan fingerprint density at radius 3 is 2.77 bits per heavy atom. The van der Waals surface area contributed by atoms with Gasteiger partial charge in [-0.05, 0) is 118 Å². The van der Waals surface area contributed by atoms with Gasteiger partial charge in [0, 0.05) is 61.8 Å². The number of carbonyl (C=O) groups is 2. The molecule has 53 heavy (non-hydrogen) atoms. The smallest absolute Gasteiger partial charge is 0.286 e. The molecule has 1 aromatic heterocycles. The lowest BCUT2D eigenvalue weighted by atomic mass is 9.68. The van der Waals surface area contributed by atoms with Crippen LogP contribution in [0.3, 0.4) is 0 Å². The highest BCUT2D eigenvalue weighted by Gasteiger charge is 2.44. The van der Waals surface area contributed by atoms with E-state index in [4.69, 9.17) is 21.1 Å². The van der Waals surface area contributed by atoms with E-state index in [2.05, 4.69) is 43.4 Å². The molecular weight excluding hydrogens is 710 g/mol. The normalized spacial score (nSPS) is 30.5. The van der Waals surface area contributed by atoms with E-state index in [9.17, 15) is 13.8 Å². The standard InChI is InChI=1S/C41H52ClN5O5S/c1-5-47-21-19-33(43-47)14-18-39(48)44-53(50)28(3)27(2)8-6-10-37(51-4)34-15-11-31(34)24-46-25-41(20-7-9-29-22-32(42)13-16-35(29)41)26-52-38-17-12-30(23-36(38)46)40(49)45-53/h6,10,12-13,16-17,19,21-23,27-28,31,34,37H,5,7-9,11,14-15,18,20,24-26H2,1-4H3,(H,44,45,48,49,50)/b10-6+. The minimum Gasteiger partial charge on any atom is -0.490 e. The van der Waals surface area contributed by atoms with Crippen LogP contribution in [0.1, 0.15) is 86.5 Å². The van der Waals surface area contributed by atoms with Gasteiger partial charge in [0.15, 0.2) is 0 Å². The molecule has 3 heterocycles. The Bertz CT molecular complexity index is 2010. The molecular formula is C41H52ClN5O5S. The number of amides is 2. The highest BCUT2D eigenvalue weighted by molar-refractivity contribution is 7.93. The number of aryl methyl sites for hydroxylation is 3. The predicted octanol–water partition coefficient (Wildman–Crippen LogP) is 7.33. The van der Waals surface area contributed by atoms with Crippen LogP contribution >= 0.6 is 11.6 Å². The Hall–Kier alpha value is -3.67. The van der Waals surface area contributed by atoms with Crippen molar-refractivity contribution < 1.29 is 23.3 Å². The minimum atomic E-state index is -3.55. The highest BCUT2D eigenvalue weighted by atomic mass is 35.5. The van der Waals surface area contributed by atoms with Crippen LogP contribution in [0, 0.1) is 17.8 Å². The van der Waals surface area contributed by atoms with Crippen LogP contribution < -0.4 is 14.4 Å². The summed E-state index contributed by atoms with van der Waals surface area (Å²) in [4.78, 5) is 29.9. The first-order valence-electron chi connectivity index (χ1n) is 19.1. The number of hydrogen-bond acceptors (Lipinski definition) is 7. The van der Waals surface area contributed by atoms with Gasteiger partial charge in [0.2, 0.25) is 5.91 Å². The Morgan fingerprint density at radius 2 is 2.02 bits per heavy atom. The molecule has 2 aliphatic heterocycles. The molecule has 7 unspecified atom stereocenters. The van der Waals surface area contributed by atoms with Gasteiger partial charge in [0.05, 0.1) is 29.3 Å². The molecule has 1 N–H and O–H groups in total. The summed E-state index contributed by atoms with van der Waals surface area (Å²) in [6.07, 6.45) is 12.3. The van der Waals surface area contributed by atoms with E-state index in [1.165, 1.54) is 11.1 Å². The number of nitrogens with zero attached hydrogens (tertiary/aromatic N) is 4. The lowest BCUT2D eigenvalue weighted by molar-refractivity contribution is -0.119. The second-order valence-electron chi connectivity index (χ2n) is 15.5. The zero-order valence-corrected chi connectivity index (χ0v) is 32.8. The molecule has 0 saturated heterocycles. The van der Waals surface area contributed by atoms with E-state index in [-0.39, 0.29) is 23.9 Å². The Morgan fingerprint density at radius 1 is 1.17 bits per heavy atom. The number of halogens is 1. The third-order valence-electron chi connectivity index (χ3n) is 12.2. The van der Waals surface area contributed by atoms with Gasteiger partial charge in [-0.2, -0.15) is 5.10 Å². The molecule has 2 bridgehead atoms. The van der Waals surface area contributed by atoms with E-state index in [1.54, 1.807) is 24.8 Å². The summed E-state index contributed by atoms with van der Waals surface area (Å²) >= 11 is 6.47. The Balaban J connectivity index is 1.26. The zero-order chi connectivity index (χ0) is 37.3. The molecule has 7 atom stereocenters. The second-order valence-corrected chi connectivity index (χ2v) is 18.2. The number of methoxy groups -OCH3 is 1. The summed E-state index contributed by atoms with van der Waals surface area (Å²) in [6.45, 7) is 8.53. The molecule has 1 spiro atoms. The third-order valence-corrected chi connectivity index (χ3v) is 14.8. The molecule has 284 valence electrons. The molecule has 2 amide bonds. The Kier molecular flexibility index (Phi) is 11.1. The number of carbonyl (C=O) groups excluding carboxylic acids is 2. The van der Waals surface area contributed by atoms with Crippen molar-refractivity contribution in [2.45, 2.75) is 95.5 Å². The maximum atomic E-state index is 14.8. The Labute approximate surface area is 319 Å². The van der Waals surface area contributed by atoms with Crippen molar-refractivity contribution in [1.82, 2.24) is 14.5 Å². The predicted molar refractivity (Wildman–Crippen MR) is 209 cm³/mol. The number of ether oxygens (including phenoxy) is 2. The molecule has 0 radical (unpaired) electrons. The van der Waals surface area contributed by atoms with Crippen LogP contribution in [0.2, 0.25) is 5.02 Å². The number of benzene rings is 2. The van der Waals surface area contributed by atoms with Crippen LogP contribution in [-0.4, -0.2) is 64.0 Å². The first-order valence-corrected chi connectivity index (χ1v) is 21.1. The number of aromatic nitrogens is 2.